The van der Waals surface area contributed by atoms with Crippen molar-refractivity contribution in [2.75, 3.05) is 14.2 Å². The number of hydrogen-bond donors (Lipinski definition) is 1. The normalized spacial score (nSPS) is 12.5. The number of aliphatic hydroxyl groups is 1. The van der Waals surface area contributed by atoms with Crippen molar-refractivity contribution < 1.29 is 23.9 Å². The summed E-state index contributed by atoms with van der Waals surface area (Å²) in [5.74, 6) is 1.54. The summed E-state index contributed by atoms with van der Waals surface area (Å²) in [5, 5.41) is 11.8. The van der Waals surface area contributed by atoms with Crippen LogP contribution in [0.5, 0.6) is 11.5 Å². The summed E-state index contributed by atoms with van der Waals surface area (Å²) in [6.07, 6.45) is 1.80. The molecule has 0 bridgehead atoms. The Morgan fingerprint density at radius 2 is 0.717 bits per heavy atom. The van der Waals surface area contributed by atoms with E-state index in [4.69, 9.17) is 18.8 Å². The van der Waals surface area contributed by atoms with Crippen molar-refractivity contribution >= 4 is 35.7 Å². The van der Waals surface area contributed by atoms with Gasteiger partial charge in [-0.2, -0.15) is 0 Å². The predicted octanol–water partition coefficient (Wildman–Crippen LogP) is 7.40. The molecule has 0 radical (unpaired) electrons. The van der Waals surface area contributed by atoms with Gasteiger partial charge in [-0.05, 0) is 92.6 Å². The zero-order chi connectivity index (χ0) is 41.1. The minimum Gasteiger partial charge on any atom is -0.497 e. The number of aromatic nitrogens is 2. The van der Waals surface area contributed by atoms with Crippen LogP contribution in [0.3, 0.4) is 0 Å². The quantitative estimate of drug-likeness (QED) is 0.102. The van der Waals surface area contributed by atoms with E-state index in [0.29, 0.717) is 0 Å². The number of hydrogen-bond acceptors (Lipinski definition) is 7. The van der Waals surface area contributed by atoms with Gasteiger partial charge in [-0.1, -0.05) is 146 Å². The highest BCUT2D eigenvalue weighted by molar-refractivity contribution is 6.80. The van der Waals surface area contributed by atoms with Gasteiger partial charge in [-0.3, -0.25) is 9.97 Å². The van der Waals surface area contributed by atoms with Crippen molar-refractivity contribution in [1.82, 2.24) is 9.97 Å². The van der Waals surface area contributed by atoms with Gasteiger partial charge in [-0.15, -0.1) is 0 Å². The van der Waals surface area contributed by atoms with Crippen LogP contribution in [-0.2, 0) is 9.31 Å². The van der Waals surface area contributed by atoms with Crippen LogP contribution in [0.15, 0.2) is 207 Å². The van der Waals surface area contributed by atoms with Crippen LogP contribution in [0.25, 0.3) is 0 Å². The first-order valence-corrected chi connectivity index (χ1v) is 20.0. The molecule has 0 amide bonds. The fraction of sp³-hybridized carbons (Fsp3) is 0.0980. The third kappa shape index (κ3) is 9.41. The Bertz CT molecular complexity index is 2340. The van der Waals surface area contributed by atoms with Crippen molar-refractivity contribution in [2.45, 2.75) is 18.3 Å². The van der Waals surface area contributed by atoms with Crippen LogP contribution < -0.4 is 31.3 Å². The summed E-state index contributed by atoms with van der Waals surface area (Å²) in [5.41, 5.74) is 8.94. The SMILES string of the molecule is COc1ccc(C(OB(c2ccccc2)c2ccc(C(O)c3ccc(B(OC(c4ccc(OC)cc4)c4ccccn4)c4ccccc4)cc3)cc2)c2ccccn2)cc1. The number of pyridine rings is 2. The monoisotopic (exact) mass is 786 g/mol. The molecule has 0 saturated heterocycles. The Kier molecular flexibility index (Phi) is 12.9. The number of aliphatic hydroxyl groups excluding tert-OH is 1. The molecule has 9 heteroatoms. The molecule has 1 N–H and O–H groups in total. The molecule has 0 spiro atoms. The Hall–Kier alpha value is -6.77. The van der Waals surface area contributed by atoms with Crippen molar-refractivity contribution in [2.24, 2.45) is 0 Å². The van der Waals surface area contributed by atoms with E-state index in [1.807, 2.05) is 170 Å². The molecule has 8 rings (SSSR count). The summed E-state index contributed by atoms with van der Waals surface area (Å²) in [6, 6.07) is 63.9. The van der Waals surface area contributed by atoms with E-state index >= 15 is 0 Å². The van der Waals surface area contributed by atoms with E-state index < -0.39 is 32.1 Å². The predicted molar refractivity (Wildman–Crippen MR) is 240 cm³/mol. The van der Waals surface area contributed by atoms with E-state index in [-0.39, 0.29) is 0 Å². The van der Waals surface area contributed by atoms with Gasteiger partial charge in [0.25, 0.3) is 0 Å². The molecule has 2 heterocycles. The third-order valence-electron chi connectivity index (χ3n) is 10.6. The smallest absolute Gasteiger partial charge is 0.362 e. The zero-order valence-electron chi connectivity index (χ0n) is 33.5. The fourth-order valence-corrected chi connectivity index (χ4v) is 7.38. The molecule has 0 fully saturated rings. The molecule has 0 aliphatic carbocycles. The minimum atomic E-state index is -0.860. The van der Waals surface area contributed by atoms with Gasteiger partial charge in [0.2, 0.25) is 0 Å². The summed E-state index contributed by atoms with van der Waals surface area (Å²) < 4.78 is 24.9. The Morgan fingerprint density at radius 1 is 0.383 bits per heavy atom. The summed E-state index contributed by atoms with van der Waals surface area (Å²) in [7, 11) is 3.32. The molecule has 7 nitrogen and oxygen atoms in total. The van der Waals surface area contributed by atoms with Crippen LogP contribution >= 0.6 is 0 Å². The van der Waals surface area contributed by atoms with Crippen molar-refractivity contribution in [3.05, 3.63) is 240 Å². The Labute approximate surface area is 352 Å². The van der Waals surface area contributed by atoms with Gasteiger partial charge < -0.3 is 23.9 Å². The largest absolute Gasteiger partial charge is 0.497 e. The first kappa shape index (κ1) is 40.0. The topological polar surface area (TPSA) is 82.9 Å². The number of benzene rings is 6. The molecular weight excluding hydrogens is 742 g/mol. The molecule has 2 unspecified atom stereocenters. The zero-order valence-corrected chi connectivity index (χ0v) is 33.5. The highest BCUT2D eigenvalue weighted by Gasteiger charge is 2.30. The maximum atomic E-state index is 11.8. The average molecular weight is 787 g/mol. The number of methoxy groups -OCH3 is 2. The van der Waals surface area contributed by atoms with Crippen molar-refractivity contribution in [1.29, 1.82) is 0 Å². The Morgan fingerprint density at radius 3 is 1.05 bits per heavy atom. The fourth-order valence-electron chi connectivity index (χ4n) is 7.38. The van der Waals surface area contributed by atoms with Gasteiger partial charge >= 0.3 is 13.8 Å². The van der Waals surface area contributed by atoms with Gasteiger partial charge in [0, 0.05) is 12.4 Å². The maximum absolute atomic E-state index is 11.8. The lowest BCUT2D eigenvalue weighted by Crippen LogP contribution is -2.46. The molecule has 0 saturated carbocycles. The summed E-state index contributed by atoms with van der Waals surface area (Å²) >= 11 is 0. The molecule has 0 aliphatic heterocycles. The lowest BCUT2D eigenvalue weighted by molar-refractivity contribution is 0.220. The van der Waals surface area contributed by atoms with E-state index in [2.05, 4.69) is 34.2 Å². The first-order chi connectivity index (χ1) is 29.6. The molecule has 2 atom stereocenters. The van der Waals surface area contributed by atoms with Gasteiger partial charge in [0.1, 0.15) is 29.8 Å². The lowest BCUT2D eigenvalue weighted by Gasteiger charge is -2.25. The second-order valence-electron chi connectivity index (χ2n) is 14.4. The van der Waals surface area contributed by atoms with Crippen molar-refractivity contribution in [3.8, 4) is 11.5 Å². The third-order valence-corrected chi connectivity index (χ3v) is 10.6. The minimum absolute atomic E-state index is 0.423. The molecule has 0 aliphatic rings. The standard InChI is InChI=1S/C51H44B2N2O5/c1-57-45-31-23-39(24-32-45)50(47-17-9-11-35-54-47)59-52(41-13-5-3-6-14-41)43-27-19-37(20-28-43)49(56)38-21-29-44(30-22-38)53(42-15-7-4-8-16-42)60-51(48-18-10-12-36-55-48)40-25-33-46(58-2)34-26-40/h3-36,49-51,56H,1-2H3. The molecule has 2 aromatic heterocycles. The number of ether oxygens (including phenoxy) is 2. The molecule has 6 aromatic carbocycles. The molecule has 294 valence electrons. The summed E-state index contributed by atoms with van der Waals surface area (Å²) in [4.78, 5) is 9.37. The average Bonchev–Trinajstić information content (AvgIpc) is 3.33. The summed E-state index contributed by atoms with van der Waals surface area (Å²) in [6.45, 7) is -0.845. The van der Waals surface area contributed by atoms with E-state index in [1.165, 1.54) is 0 Å². The van der Waals surface area contributed by atoms with Gasteiger partial charge in [-0.25, -0.2) is 0 Å². The van der Waals surface area contributed by atoms with Crippen LogP contribution in [0, 0.1) is 0 Å². The number of rotatable bonds is 16. The van der Waals surface area contributed by atoms with Crippen LogP contribution in [0.1, 0.15) is 52.0 Å². The van der Waals surface area contributed by atoms with E-state index in [1.54, 1.807) is 26.6 Å². The lowest BCUT2D eigenvalue weighted by atomic mass is 9.55. The molecule has 60 heavy (non-hydrogen) atoms. The van der Waals surface area contributed by atoms with E-state index in [9.17, 15) is 5.11 Å². The van der Waals surface area contributed by atoms with Crippen LogP contribution in [0.4, 0.5) is 0 Å². The van der Waals surface area contributed by atoms with Crippen LogP contribution in [-0.4, -0.2) is 43.1 Å². The van der Waals surface area contributed by atoms with Gasteiger partial charge in [0.05, 0.1) is 25.6 Å². The second kappa shape index (κ2) is 19.3. The highest BCUT2D eigenvalue weighted by Crippen LogP contribution is 2.29. The number of nitrogens with zero attached hydrogens (tertiary/aromatic N) is 2. The second-order valence-corrected chi connectivity index (χ2v) is 14.4. The molecular formula is C51H44B2N2O5. The van der Waals surface area contributed by atoms with Crippen LogP contribution in [0.2, 0.25) is 0 Å². The Balaban J connectivity index is 1.06. The maximum Gasteiger partial charge on any atom is 0.362 e. The first-order valence-electron chi connectivity index (χ1n) is 20.0. The highest BCUT2D eigenvalue weighted by atomic mass is 16.5. The van der Waals surface area contributed by atoms with Crippen molar-refractivity contribution in [3.63, 3.8) is 0 Å². The van der Waals surface area contributed by atoms with E-state index in [0.717, 1.165) is 67.0 Å². The molecule has 8 aromatic rings. The van der Waals surface area contributed by atoms with Gasteiger partial charge in [0.15, 0.2) is 0 Å².